The van der Waals surface area contributed by atoms with E-state index in [1.807, 2.05) is 0 Å². The topological polar surface area (TPSA) is 73.9 Å². The molecule has 1 saturated carbocycles. The molecule has 0 radical (unpaired) electrons. The molecule has 3 atom stereocenters. The Bertz CT molecular complexity index is 364. The van der Waals surface area contributed by atoms with Gasteiger partial charge in [-0.3, -0.25) is 0 Å². The molecule has 21 heavy (non-hydrogen) atoms. The lowest BCUT2D eigenvalue weighted by Gasteiger charge is -2.29. The fourth-order valence-corrected chi connectivity index (χ4v) is 2.23. The van der Waals surface area contributed by atoms with Gasteiger partial charge in [0.15, 0.2) is 0 Å². The van der Waals surface area contributed by atoms with Crippen molar-refractivity contribution < 1.29 is 23.8 Å². The van der Waals surface area contributed by atoms with E-state index in [-0.39, 0.29) is 12.2 Å². The summed E-state index contributed by atoms with van der Waals surface area (Å²) in [6, 6.07) is -0.734. The third-order valence-corrected chi connectivity index (χ3v) is 3.28. The second-order valence-electron chi connectivity index (χ2n) is 6.45. The van der Waals surface area contributed by atoms with Crippen LogP contribution in [0.4, 0.5) is 4.79 Å². The molecule has 1 aliphatic rings. The Hall–Kier alpha value is -1.30. The van der Waals surface area contributed by atoms with Crippen molar-refractivity contribution in [1.82, 2.24) is 5.32 Å². The van der Waals surface area contributed by atoms with Crippen LogP contribution < -0.4 is 5.32 Å². The number of methoxy groups -OCH3 is 1. The van der Waals surface area contributed by atoms with Crippen LogP contribution in [0.3, 0.4) is 0 Å². The van der Waals surface area contributed by atoms with Gasteiger partial charge in [-0.25, -0.2) is 9.59 Å². The number of ether oxygens (including phenoxy) is 3. The number of carbonyl (C=O) groups excluding carboxylic acids is 2. The summed E-state index contributed by atoms with van der Waals surface area (Å²) in [6.45, 7) is 6.89. The first kappa shape index (κ1) is 17.8. The molecule has 0 aromatic carbocycles. The van der Waals surface area contributed by atoms with Crippen LogP contribution in [0.15, 0.2) is 0 Å². The first-order valence-corrected chi connectivity index (χ1v) is 7.44. The molecule has 1 rings (SSSR count). The van der Waals surface area contributed by atoms with E-state index in [1.165, 1.54) is 0 Å². The van der Waals surface area contributed by atoms with Crippen LogP contribution >= 0.6 is 0 Å². The van der Waals surface area contributed by atoms with Gasteiger partial charge in [0.05, 0.1) is 6.10 Å². The van der Waals surface area contributed by atoms with Crippen molar-refractivity contribution in [2.24, 2.45) is 0 Å². The van der Waals surface area contributed by atoms with Crippen molar-refractivity contribution in [2.75, 3.05) is 7.11 Å². The van der Waals surface area contributed by atoms with Crippen molar-refractivity contribution in [3.63, 3.8) is 0 Å². The van der Waals surface area contributed by atoms with Crippen molar-refractivity contribution in [3.05, 3.63) is 0 Å². The highest BCUT2D eigenvalue weighted by Gasteiger charge is 2.28. The van der Waals surface area contributed by atoms with Gasteiger partial charge in [-0.2, -0.15) is 0 Å². The fraction of sp³-hybridized carbons (Fsp3) is 0.867. The van der Waals surface area contributed by atoms with Crippen molar-refractivity contribution in [2.45, 2.75) is 77.2 Å². The van der Waals surface area contributed by atoms with E-state index in [0.29, 0.717) is 6.42 Å². The number of hydrogen-bond acceptors (Lipinski definition) is 5. The molecule has 0 saturated heterocycles. The Labute approximate surface area is 126 Å². The number of rotatable bonds is 4. The van der Waals surface area contributed by atoms with Crippen LogP contribution in [0.25, 0.3) is 0 Å². The molecule has 0 aromatic heterocycles. The standard InChI is InChI=1S/C15H27NO5/c1-10(16-14(18)21-15(2,3)4)13(17)20-12-8-6-7-11(9-12)19-5/h10-12H,6-9H2,1-5H3,(H,16,18)/t10-,11+,12+/m0/s1. The smallest absolute Gasteiger partial charge is 0.408 e. The highest BCUT2D eigenvalue weighted by Crippen LogP contribution is 2.23. The molecule has 1 amide bonds. The predicted octanol–water partition coefficient (Wildman–Crippen LogP) is 2.40. The van der Waals surface area contributed by atoms with E-state index in [9.17, 15) is 9.59 Å². The quantitative estimate of drug-likeness (QED) is 0.807. The fourth-order valence-electron chi connectivity index (χ4n) is 2.23. The molecule has 0 bridgehead atoms. The van der Waals surface area contributed by atoms with Crippen molar-refractivity contribution >= 4 is 12.1 Å². The maximum atomic E-state index is 12.0. The molecule has 0 aromatic rings. The summed E-state index contributed by atoms with van der Waals surface area (Å²) in [4.78, 5) is 23.6. The molecule has 0 spiro atoms. The minimum atomic E-state index is -0.734. The van der Waals surface area contributed by atoms with Crippen LogP contribution in [-0.4, -0.2) is 43.0 Å². The van der Waals surface area contributed by atoms with Gasteiger partial charge in [-0.05, 0) is 47.0 Å². The van der Waals surface area contributed by atoms with E-state index >= 15 is 0 Å². The summed E-state index contributed by atoms with van der Waals surface area (Å²) < 4.78 is 15.8. The van der Waals surface area contributed by atoms with Gasteiger partial charge in [0.2, 0.25) is 0 Å². The van der Waals surface area contributed by atoms with Crippen LogP contribution in [-0.2, 0) is 19.0 Å². The number of amides is 1. The summed E-state index contributed by atoms with van der Waals surface area (Å²) in [5.41, 5.74) is -0.594. The minimum Gasteiger partial charge on any atom is -0.461 e. The second-order valence-corrected chi connectivity index (χ2v) is 6.45. The van der Waals surface area contributed by atoms with Gasteiger partial charge in [0.25, 0.3) is 0 Å². The Balaban J connectivity index is 2.38. The molecular formula is C15H27NO5. The molecule has 0 aliphatic heterocycles. The minimum absolute atomic E-state index is 0.140. The lowest BCUT2D eigenvalue weighted by Crippen LogP contribution is -2.44. The molecule has 1 N–H and O–H groups in total. The number of nitrogens with one attached hydrogen (secondary N) is 1. The van der Waals surface area contributed by atoms with Gasteiger partial charge in [0.1, 0.15) is 17.7 Å². The van der Waals surface area contributed by atoms with Crippen LogP contribution in [0.1, 0.15) is 53.4 Å². The number of esters is 1. The van der Waals surface area contributed by atoms with Crippen molar-refractivity contribution in [1.29, 1.82) is 0 Å². The zero-order valence-electron chi connectivity index (χ0n) is 13.6. The summed E-state index contributed by atoms with van der Waals surface area (Å²) in [5.74, 6) is -0.442. The summed E-state index contributed by atoms with van der Waals surface area (Å²) >= 11 is 0. The van der Waals surface area contributed by atoms with Crippen molar-refractivity contribution in [3.8, 4) is 0 Å². The Kier molecular flexibility index (Phi) is 6.45. The van der Waals surface area contributed by atoms with Gasteiger partial charge in [0, 0.05) is 13.5 Å². The Morgan fingerprint density at radius 3 is 2.38 bits per heavy atom. The third-order valence-electron chi connectivity index (χ3n) is 3.28. The SMILES string of the molecule is CO[C@@H]1CCC[C@@H](OC(=O)[C@H](C)NC(=O)OC(C)(C)C)C1. The van der Waals surface area contributed by atoms with Crippen LogP contribution in [0, 0.1) is 0 Å². The second kappa shape index (κ2) is 7.64. The molecule has 0 unspecified atom stereocenters. The molecule has 6 heteroatoms. The zero-order chi connectivity index (χ0) is 16.0. The van der Waals surface area contributed by atoms with E-state index in [2.05, 4.69) is 5.32 Å². The Morgan fingerprint density at radius 1 is 1.19 bits per heavy atom. The lowest BCUT2D eigenvalue weighted by atomic mass is 9.95. The maximum Gasteiger partial charge on any atom is 0.408 e. The molecule has 1 fully saturated rings. The number of carbonyl (C=O) groups is 2. The van der Waals surface area contributed by atoms with Crippen LogP contribution in [0.5, 0.6) is 0 Å². The molecule has 1 aliphatic carbocycles. The average Bonchev–Trinajstić information content (AvgIpc) is 2.36. The molecule has 122 valence electrons. The zero-order valence-corrected chi connectivity index (χ0v) is 13.6. The third kappa shape index (κ3) is 6.80. The van der Waals surface area contributed by atoms with Gasteiger partial charge in [-0.15, -0.1) is 0 Å². The average molecular weight is 301 g/mol. The number of alkyl carbamates (subject to hydrolysis) is 1. The summed E-state index contributed by atoms with van der Waals surface area (Å²) in [5, 5.41) is 2.48. The first-order valence-electron chi connectivity index (χ1n) is 7.44. The highest BCUT2D eigenvalue weighted by molar-refractivity contribution is 5.81. The van der Waals surface area contributed by atoms with Gasteiger partial charge >= 0.3 is 12.1 Å². The summed E-state index contributed by atoms with van der Waals surface area (Å²) in [6.07, 6.45) is 2.90. The van der Waals surface area contributed by atoms with Gasteiger partial charge < -0.3 is 19.5 Å². The lowest BCUT2D eigenvalue weighted by molar-refractivity contribution is -0.154. The first-order chi connectivity index (χ1) is 9.71. The van der Waals surface area contributed by atoms with E-state index in [0.717, 1.165) is 19.3 Å². The van der Waals surface area contributed by atoms with Gasteiger partial charge in [-0.1, -0.05) is 0 Å². The molecule has 0 heterocycles. The van der Waals surface area contributed by atoms with Crippen LogP contribution in [0.2, 0.25) is 0 Å². The summed E-state index contributed by atoms with van der Waals surface area (Å²) in [7, 11) is 1.67. The largest absolute Gasteiger partial charge is 0.461 e. The number of hydrogen-bond donors (Lipinski definition) is 1. The van der Waals surface area contributed by atoms with E-state index in [1.54, 1.807) is 34.8 Å². The van der Waals surface area contributed by atoms with E-state index < -0.39 is 23.7 Å². The molecular weight excluding hydrogens is 274 g/mol. The monoisotopic (exact) mass is 301 g/mol. The Morgan fingerprint density at radius 2 is 1.81 bits per heavy atom. The molecule has 6 nitrogen and oxygen atoms in total. The normalized spacial score (nSPS) is 24.0. The predicted molar refractivity (Wildman–Crippen MR) is 78.0 cm³/mol. The maximum absolute atomic E-state index is 12.0. The van der Waals surface area contributed by atoms with E-state index in [4.69, 9.17) is 14.2 Å². The highest BCUT2D eigenvalue weighted by atomic mass is 16.6.